The van der Waals surface area contributed by atoms with E-state index in [1.54, 1.807) is 25.9 Å². The van der Waals surface area contributed by atoms with Crippen LogP contribution in [0.25, 0.3) is 0 Å². The molecule has 8 heavy (non-hydrogen) atoms. The molecule has 0 amide bonds. The zero-order valence-corrected chi connectivity index (χ0v) is 5.61. The van der Waals surface area contributed by atoms with Gasteiger partial charge in [0.25, 0.3) is 0 Å². The Balaban J connectivity index is 3.56. The average Bonchev–Trinajstić information content (AvgIpc) is 1.65. The summed E-state index contributed by atoms with van der Waals surface area (Å²) in [5.74, 6) is -0.0741. The maximum atomic E-state index is 12.2. The first-order chi connectivity index (χ1) is 3.66. The first-order valence-corrected chi connectivity index (χ1v) is 2.69. The first kappa shape index (κ1) is 7.47. The predicted octanol–water partition coefficient (Wildman–Crippen LogP) is 1.77. The van der Waals surface area contributed by atoms with E-state index in [0.29, 0.717) is 6.42 Å². The highest BCUT2D eigenvalue weighted by atomic mass is 19.1. The molecule has 0 aromatic heterocycles. The van der Waals surface area contributed by atoms with E-state index < -0.39 is 0 Å². The van der Waals surface area contributed by atoms with Crippen LogP contribution in [0.3, 0.4) is 0 Å². The molecule has 0 saturated heterocycles. The summed E-state index contributed by atoms with van der Waals surface area (Å²) in [7, 11) is 3.60. The highest BCUT2D eigenvalue weighted by Gasteiger charge is 1.86. The zero-order chi connectivity index (χ0) is 6.57. The second-order valence-corrected chi connectivity index (χ2v) is 1.89. The fourth-order valence-corrected chi connectivity index (χ4v) is 0.371. The summed E-state index contributed by atoms with van der Waals surface area (Å²) >= 11 is 0. The lowest BCUT2D eigenvalue weighted by molar-refractivity contribution is 0.508. The third-order valence-corrected chi connectivity index (χ3v) is 0.736. The SMILES string of the molecule is CC/C(F)=C/N(C)C. The molecule has 0 unspecified atom stereocenters. The molecule has 1 nitrogen and oxygen atoms in total. The number of allylic oxidation sites excluding steroid dienone is 1. The smallest absolute Gasteiger partial charge is 0.115 e. The van der Waals surface area contributed by atoms with Gasteiger partial charge in [-0.25, -0.2) is 4.39 Å². The third kappa shape index (κ3) is 3.65. The summed E-state index contributed by atoms with van der Waals surface area (Å²) in [6.45, 7) is 1.79. The molecule has 0 spiro atoms. The highest BCUT2D eigenvalue weighted by molar-refractivity contribution is 4.87. The minimum absolute atomic E-state index is 0.0741. The summed E-state index contributed by atoms with van der Waals surface area (Å²) in [5.41, 5.74) is 0. The van der Waals surface area contributed by atoms with Crippen molar-refractivity contribution in [1.29, 1.82) is 0 Å². The lowest BCUT2D eigenvalue weighted by Gasteiger charge is -2.02. The van der Waals surface area contributed by atoms with Gasteiger partial charge in [0.05, 0.1) is 0 Å². The van der Waals surface area contributed by atoms with Crippen LogP contribution in [0.2, 0.25) is 0 Å². The Morgan fingerprint density at radius 1 is 1.62 bits per heavy atom. The van der Waals surface area contributed by atoms with Gasteiger partial charge >= 0.3 is 0 Å². The molecule has 2 heteroatoms. The molecule has 0 saturated carbocycles. The fraction of sp³-hybridized carbons (Fsp3) is 0.667. The van der Waals surface area contributed by atoms with Gasteiger partial charge in [-0.15, -0.1) is 0 Å². The molecule has 48 valence electrons. The molecular weight excluding hydrogens is 105 g/mol. The minimum Gasteiger partial charge on any atom is -0.381 e. The van der Waals surface area contributed by atoms with Crippen molar-refractivity contribution >= 4 is 0 Å². The van der Waals surface area contributed by atoms with Crippen molar-refractivity contribution in [2.24, 2.45) is 0 Å². The van der Waals surface area contributed by atoms with Crippen molar-refractivity contribution < 1.29 is 4.39 Å². The van der Waals surface area contributed by atoms with E-state index in [4.69, 9.17) is 0 Å². The van der Waals surface area contributed by atoms with E-state index >= 15 is 0 Å². The monoisotopic (exact) mass is 117 g/mol. The largest absolute Gasteiger partial charge is 0.381 e. The van der Waals surface area contributed by atoms with Gasteiger partial charge in [-0.2, -0.15) is 0 Å². The summed E-state index contributed by atoms with van der Waals surface area (Å²) in [6.07, 6.45) is 1.96. The van der Waals surface area contributed by atoms with Crippen LogP contribution >= 0.6 is 0 Å². The molecule has 0 atom stereocenters. The summed E-state index contributed by atoms with van der Waals surface area (Å²) < 4.78 is 12.2. The Kier molecular flexibility index (Phi) is 3.24. The Hall–Kier alpha value is -0.530. The third-order valence-electron chi connectivity index (χ3n) is 0.736. The minimum atomic E-state index is -0.0741. The van der Waals surface area contributed by atoms with E-state index in [-0.39, 0.29) is 5.83 Å². The molecule has 0 N–H and O–H groups in total. The van der Waals surface area contributed by atoms with Gasteiger partial charge in [0.15, 0.2) is 0 Å². The van der Waals surface area contributed by atoms with Crippen LogP contribution in [0.15, 0.2) is 12.0 Å². The van der Waals surface area contributed by atoms with Gasteiger partial charge in [-0.05, 0) is 6.42 Å². The molecule has 0 aliphatic rings. The van der Waals surface area contributed by atoms with Crippen molar-refractivity contribution in [2.45, 2.75) is 13.3 Å². The van der Waals surface area contributed by atoms with Crippen LogP contribution in [0, 0.1) is 0 Å². The summed E-state index contributed by atoms with van der Waals surface area (Å²) in [5, 5.41) is 0. The van der Waals surface area contributed by atoms with Gasteiger partial charge in [-0.3, -0.25) is 0 Å². The van der Waals surface area contributed by atoms with Crippen LogP contribution in [0.5, 0.6) is 0 Å². The Morgan fingerprint density at radius 2 is 2.12 bits per heavy atom. The van der Waals surface area contributed by atoms with E-state index in [1.165, 1.54) is 6.20 Å². The van der Waals surface area contributed by atoms with Crippen LogP contribution < -0.4 is 0 Å². The Morgan fingerprint density at radius 3 is 2.25 bits per heavy atom. The second-order valence-electron chi connectivity index (χ2n) is 1.89. The summed E-state index contributed by atoms with van der Waals surface area (Å²) in [6, 6.07) is 0. The maximum Gasteiger partial charge on any atom is 0.115 e. The van der Waals surface area contributed by atoms with Crippen LogP contribution in [-0.4, -0.2) is 19.0 Å². The molecule has 0 fully saturated rings. The maximum absolute atomic E-state index is 12.2. The van der Waals surface area contributed by atoms with Gasteiger partial charge in [0, 0.05) is 20.3 Å². The molecule has 0 aromatic carbocycles. The van der Waals surface area contributed by atoms with Crippen molar-refractivity contribution in [3.8, 4) is 0 Å². The topological polar surface area (TPSA) is 3.24 Å². The lowest BCUT2D eigenvalue weighted by atomic mass is 10.4. The average molecular weight is 117 g/mol. The van der Waals surface area contributed by atoms with E-state index in [1.807, 2.05) is 0 Å². The standard InChI is InChI=1S/C6H12FN/c1-4-6(7)5-8(2)3/h5H,4H2,1-3H3/b6-5-. The normalized spacial score (nSPS) is 11.8. The van der Waals surface area contributed by atoms with Crippen LogP contribution in [0.1, 0.15) is 13.3 Å². The van der Waals surface area contributed by atoms with Gasteiger partial charge in [-0.1, -0.05) is 6.92 Å². The molecule has 0 rings (SSSR count). The number of halogens is 1. The molecule has 0 aliphatic heterocycles. The highest BCUT2D eigenvalue weighted by Crippen LogP contribution is 2.00. The zero-order valence-electron chi connectivity index (χ0n) is 5.61. The quantitative estimate of drug-likeness (QED) is 0.532. The molecule has 0 radical (unpaired) electrons. The molecule has 0 heterocycles. The summed E-state index contributed by atoms with van der Waals surface area (Å²) in [4.78, 5) is 1.69. The fourth-order valence-electron chi connectivity index (χ4n) is 0.371. The van der Waals surface area contributed by atoms with Crippen molar-refractivity contribution in [1.82, 2.24) is 4.90 Å². The van der Waals surface area contributed by atoms with Crippen molar-refractivity contribution in [3.05, 3.63) is 12.0 Å². The van der Waals surface area contributed by atoms with Gasteiger partial charge in [0.2, 0.25) is 0 Å². The van der Waals surface area contributed by atoms with E-state index in [9.17, 15) is 4.39 Å². The Bertz CT molecular complexity index is 86.5. The number of hydrogen-bond donors (Lipinski definition) is 0. The first-order valence-electron chi connectivity index (χ1n) is 2.69. The predicted molar refractivity (Wildman–Crippen MR) is 33.2 cm³/mol. The number of rotatable bonds is 2. The molecule has 0 aliphatic carbocycles. The van der Waals surface area contributed by atoms with Crippen molar-refractivity contribution in [3.63, 3.8) is 0 Å². The Labute approximate surface area is 49.8 Å². The molecular formula is C6H12FN. The van der Waals surface area contributed by atoms with E-state index in [0.717, 1.165) is 0 Å². The number of hydrogen-bond acceptors (Lipinski definition) is 1. The number of nitrogens with zero attached hydrogens (tertiary/aromatic N) is 1. The van der Waals surface area contributed by atoms with Crippen molar-refractivity contribution in [2.75, 3.05) is 14.1 Å². The lowest BCUT2D eigenvalue weighted by Crippen LogP contribution is -2.01. The van der Waals surface area contributed by atoms with E-state index in [2.05, 4.69) is 0 Å². The van der Waals surface area contributed by atoms with Crippen LogP contribution in [0.4, 0.5) is 4.39 Å². The molecule has 0 bridgehead atoms. The van der Waals surface area contributed by atoms with Gasteiger partial charge in [0.1, 0.15) is 5.83 Å². The molecule has 0 aromatic rings. The second kappa shape index (κ2) is 3.47. The van der Waals surface area contributed by atoms with Gasteiger partial charge < -0.3 is 4.90 Å². The van der Waals surface area contributed by atoms with Crippen LogP contribution in [-0.2, 0) is 0 Å².